The largest absolute Gasteiger partial charge is 0.337 e. The molecule has 4 nitrogen and oxygen atoms in total. The molecule has 0 fully saturated rings. The van der Waals surface area contributed by atoms with Gasteiger partial charge in [-0.15, -0.1) is 0 Å². The SMILES string of the molecule is Fc1ccccc1CN(CCCn1ccnc1)Cc1ccc2ncccc2c1. The van der Waals surface area contributed by atoms with Crippen molar-refractivity contribution in [1.82, 2.24) is 19.4 Å². The summed E-state index contributed by atoms with van der Waals surface area (Å²) in [6.45, 7) is 3.12. The van der Waals surface area contributed by atoms with E-state index in [9.17, 15) is 4.39 Å². The molecule has 0 aliphatic rings. The Bertz CT molecular complexity index is 1030. The summed E-state index contributed by atoms with van der Waals surface area (Å²) < 4.78 is 16.3. The summed E-state index contributed by atoms with van der Waals surface area (Å²) in [5.41, 5.74) is 2.93. The number of pyridine rings is 1. The molecule has 2 heterocycles. The standard InChI is InChI=1S/C23H23FN4/c24-22-7-2-1-5-21(22)17-28(13-4-12-27-14-11-25-18-27)16-19-8-9-23-20(15-19)6-3-10-26-23/h1-3,5-11,14-15,18H,4,12-13,16-17H2. The second-order valence-electron chi connectivity index (χ2n) is 6.99. The van der Waals surface area contributed by atoms with Crippen LogP contribution in [0.3, 0.4) is 0 Å². The molecule has 0 saturated heterocycles. The molecule has 0 aliphatic heterocycles. The first-order valence-corrected chi connectivity index (χ1v) is 9.53. The van der Waals surface area contributed by atoms with E-state index in [1.807, 2.05) is 36.9 Å². The lowest BCUT2D eigenvalue weighted by molar-refractivity contribution is 0.245. The maximum atomic E-state index is 14.2. The highest BCUT2D eigenvalue weighted by atomic mass is 19.1. The normalized spacial score (nSPS) is 11.4. The predicted molar refractivity (Wildman–Crippen MR) is 109 cm³/mol. The number of halogens is 1. The van der Waals surface area contributed by atoms with Gasteiger partial charge in [-0.2, -0.15) is 0 Å². The molecule has 2 aromatic carbocycles. The van der Waals surface area contributed by atoms with Gasteiger partial charge in [-0.25, -0.2) is 9.37 Å². The summed E-state index contributed by atoms with van der Waals surface area (Å²) in [5, 5.41) is 1.13. The fourth-order valence-electron chi connectivity index (χ4n) is 3.46. The van der Waals surface area contributed by atoms with Crippen LogP contribution in [-0.2, 0) is 19.6 Å². The number of fused-ring (bicyclic) bond motifs is 1. The number of aryl methyl sites for hydroxylation is 1. The minimum Gasteiger partial charge on any atom is -0.337 e. The van der Waals surface area contributed by atoms with E-state index >= 15 is 0 Å². The van der Waals surface area contributed by atoms with Gasteiger partial charge >= 0.3 is 0 Å². The summed E-state index contributed by atoms with van der Waals surface area (Å²) in [6.07, 6.45) is 8.37. The summed E-state index contributed by atoms with van der Waals surface area (Å²) in [5.74, 6) is -0.148. The Kier molecular flexibility index (Phi) is 5.73. The van der Waals surface area contributed by atoms with Crippen molar-refractivity contribution in [2.45, 2.75) is 26.1 Å². The highest BCUT2D eigenvalue weighted by molar-refractivity contribution is 5.78. The molecule has 4 aromatic rings. The Morgan fingerprint density at radius 1 is 0.964 bits per heavy atom. The highest BCUT2D eigenvalue weighted by Crippen LogP contribution is 2.17. The zero-order chi connectivity index (χ0) is 19.2. The smallest absolute Gasteiger partial charge is 0.127 e. The van der Waals surface area contributed by atoms with Gasteiger partial charge < -0.3 is 4.57 Å². The van der Waals surface area contributed by atoms with E-state index in [-0.39, 0.29) is 5.82 Å². The molecule has 0 spiro atoms. The van der Waals surface area contributed by atoms with Gasteiger partial charge in [0.05, 0.1) is 11.8 Å². The van der Waals surface area contributed by atoms with Crippen molar-refractivity contribution in [1.29, 1.82) is 0 Å². The molecular weight excluding hydrogens is 351 g/mol. The Balaban J connectivity index is 1.49. The molecule has 0 N–H and O–H groups in total. The first-order chi connectivity index (χ1) is 13.8. The van der Waals surface area contributed by atoms with Gasteiger partial charge in [-0.3, -0.25) is 9.88 Å². The third-order valence-electron chi connectivity index (χ3n) is 4.88. The quantitative estimate of drug-likeness (QED) is 0.450. The number of rotatable bonds is 8. The molecule has 5 heteroatoms. The first-order valence-electron chi connectivity index (χ1n) is 9.53. The van der Waals surface area contributed by atoms with Crippen molar-refractivity contribution in [3.8, 4) is 0 Å². The van der Waals surface area contributed by atoms with E-state index in [1.54, 1.807) is 12.3 Å². The monoisotopic (exact) mass is 374 g/mol. The Morgan fingerprint density at radius 3 is 2.75 bits per heavy atom. The lowest BCUT2D eigenvalue weighted by atomic mass is 10.1. The zero-order valence-corrected chi connectivity index (χ0v) is 15.7. The van der Waals surface area contributed by atoms with Crippen LogP contribution >= 0.6 is 0 Å². The molecule has 0 bridgehead atoms. The van der Waals surface area contributed by atoms with Crippen molar-refractivity contribution in [3.05, 3.63) is 96.5 Å². The van der Waals surface area contributed by atoms with E-state index in [2.05, 4.69) is 43.7 Å². The summed E-state index contributed by atoms with van der Waals surface area (Å²) in [7, 11) is 0. The predicted octanol–water partition coefficient (Wildman–Crippen LogP) is 4.66. The topological polar surface area (TPSA) is 34.0 Å². The molecule has 0 unspecified atom stereocenters. The Hall–Kier alpha value is -3.05. The molecule has 2 aromatic heterocycles. The number of hydrogen-bond donors (Lipinski definition) is 0. The van der Waals surface area contributed by atoms with Crippen LogP contribution in [-0.4, -0.2) is 26.0 Å². The van der Waals surface area contributed by atoms with Crippen molar-refractivity contribution in [2.24, 2.45) is 0 Å². The molecule has 0 saturated carbocycles. The summed E-state index contributed by atoms with van der Waals surface area (Å²) in [4.78, 5) is 10.8. The number of nitrogens with zero attached hydrogens (tertiary/aromatic N) is 4. The minimum atomic E-state index is -0.148. The third kappa shape index (κ3) is 4.61. The van der Waals surface area contributed by atoms with Crippen molar-refractivity contribution < 1.29 is 4.39 Å². The maximum absolute atomic E-state index is 14.2. The van der Waals surface area contributed by atoms with Gasteiger partial charge in [0, 0.05) is 55.7 Å². The summed E-state index contributed by atoms with van der Waals surface area (Å²) in [6, 6.07) is 17.4. The van der Waals surface area contributed by atoms with Crippen LogP contribution in [0.15, 0.2) is 79.5 Å². The van der Waals surface area contributed by atoms with Gasteiger partial charge in [0.25, 0.3) is 0 Å². The van der Waals surface area contributed by atoms with Gasteiger partial charge in [0.1, 0.15) is 5.82 Å². The Morgan fingerprint density at radius 2 is 1.89 bits per heavy atom. The average molecular weight is 374 g/mol. The van der Waals surface area contributed by atoms with Gasteiger partial charge in [0.2, 0.25) is 0 Å². The van der Waals surface area contributed by atoms with Crippen molar-refractivity contribution >= 4 is 10.9 Å². The first kappa shape index (κ1) is 18.3. The molecule has 0 atom stereocenters. The summed E-state index contributed by atoms with van der Waals surface area (Å²) >= 11 is 0. The lowest BCUT2D eigenvalue weighted by Crippen LogP contribution is -2.25. The molecule has 4 rings (SSSR count). The van der Waals surface area contributed by atoms with Crippen LogP contribution in [0.5, 0.6) is 0 Å². The number of imidazole rings is 1. The molecule has 0 radical (unpaired) electrons. The van der Waals surface area contributed by atoms with Crippen molar-refractivity contribution in [3.63, 3.8) is 0 Å². The third-order valence-corrected chi connectivity index (χ3v) is 4.88. The van der Waals surface area contributed by atoms with E-state index in [4.69, 9.17) is 0 Å². The van der Waals surface area contributed by atoms with Crippen LogP contribution < -0.4 is 0 Å². The van der Waals surface area contributed by atoms with E-state index in [1.165, 1.54) is 11.6 Å². The fraction of sp³-hybridized carbons (Fsp3) is 0.217. The average Bonchev–Trinajstić information content (AvgIpc) is 3.23. The second kappa shape index (κ2) is 8.76. The molecule has 28 heavy (non-hydrogen) atoms. The fourth-order valence-corrected chi connectivity index (χ4v) is 3.46. The second-order valence-corrected chi connectivity index (χ2v) is 6.99. The number of hydrogen-bond acceptors (Lipinski definition) is 3. The highest BCUT2D eigenvalue weighted by Gasteiger charge is 2.11. The van der Waals surface area contributed by atoms with E-state index in [0.29, 0.717) is 6.54 Å². The maximum Gasteiger partial charge on any atom is 0.127 e. The lowest BCUT2D eigenvalue weighted by Gasteiger charge is -2.23. The zero-order valence-electron chi connectivity index (χ0n) is 15.7. The van der Waals surface area contributed by atoms with Crippen LogP contribution in [0.2, 0.25) is 0 Å². The molecular formula is C23H23FN4. The van der Waals surface area contributed by atoms with Gasteiger partial charge in [-0.1, -0.05) is 30.3 Å². The molecule has 142 valence electrons. The minimum absolute atomic E-state index is 0.148. The Labute approximate surface area is 164 Å². The van der Waals surface area contributed by atoms with E-state index < -0.39 is 0 Å². The number of benzene rings is 2. The van der Waals surface area contributed by atoms with Crippen molar-refractivity contribution in [2.75, 3.05) is 6.54 Å². The number of aromatic nitrogens is 3. The van der Waals surface area contributed by atoms with E-state index in [0.717, 1.165) is 42.5 Å². The van der Waals surface area contributed by atoms with Crippen LogP contribution in [0.4, 0.5) is 4.39 Å². The van der Waals surface area contributed by atoms with Crippen LogP contribution in [0.1, 0.15) is 17.5 Å². The van der Waals surface area contributed by atoms with Gasteiger partial charge in [-0.05, 0) is 36.2 Å². The van der Waals surface area contributed by atoms with Crippen LogP contribution in [0, 0.1) is 5.82 Å². The molecule has 0 aliphatic carbocycles. The van der Waals surface area contributed by atoms with Crippen LogP contribution in [0.25, 0.3) is 10.9 Å². The molecule has 0 amide bonds. The van der Waals surface area contributed by atoms with Gasteiger partial charge in [0.15, 0.2) is 0 Å².